The van der Waals surface area contributed by atoms with E-state index in [0.29, 0.717) is 0 Å². The number of rotatable bonds is 10. The van der Waals surface area contributed by atoms with Crippen LogP contribution in [-0.4, -0.2) is 318 Å². The number of ether oxygens (including phenoxy) is 5. The average molecular weight is 1290 g/mol. The molecule has 0 saturated carbocycles. The summed E-state index contributed by atoms with van der Waals surface area (Å²) in [4.78, 5) is 44.5. The van der Waals surface area contributed by atoms with E-state index in [1.165, 1.54) is 56.2 Å². The molecule has 20 atom stereocenters. The maximum atomic E-state index is 9.78. The number of hydrogen-bond acceptors (Lipinski definition) is 40. The summed E-state index contributed by atoms with van der Waals surface area (Å²) in [6.07, 6.45) is -14.0. The van der Waals surface area contributed by atoms with Crippen LogP contribution in [0.25, 0.3) is 0 Å². The van der Waals surface area contributed by atoms with Gasteiger partial charge >= 0.3 is 0 Å². The van der Waals surface area contributed by atoms with Crippen LogP contribution in [0.5, 0.6) is 0 Å². The topological polar surface area (TPSA) is 620 Å². The summed E-state index contributed by atoms with van der Waals surface area (Å²) in [5, 5.41) is 142. The molecule has 5 fully saturated rings. The van der Waals surface area contributed by atoms with E-state index in [4.69, 9.17) is 77.9 Å². The first kappa shape index (κ1) is 80.6. The molecule has 510 valence electrons. The van der Waals surface area contributed by atoms with Crippen LogP contribution in [0.1, 0.15) is 37.1 Å². The molecule has 40 heteroatoms. The number of aliphatic hydroxyl groups is 15. The Morgan fingerprint density at radius 2 is 0.422 bits per heavy atom. The van der Waals surface area contributed by atoms with Crippen molar-refractivity contribution in [1.29, 1.82) is 0 Å². The van der Waals surface area contributed by atoms with E-state index in [0.717, 1.165) is 0 Å². The molecule has 0 aromatic carbocycles. The molecule has 0 aromatic rings. The summed E-state index contributed by atoms with van der Waals surface area (Å²) in [7, 11) is 0. The van der Waals surface area contributed by atoms with Crippen molar-refractivity contribution < 1.29 is 100 Å². The maximum Gasteiger partial charge on any atom is 0.223 e. The fourth-order valence-corrected chi connectivity index (χ4v) is 8.65. The largest absolute Gasteiger partial charge is 0.394 e. The minimum Gasteiger partial charge on any atom is -0.394 e. The summed E-state index contributed by atoms with van der Waals surface area (Å²) >= 11 is 0. The summed E-state index contributed by atoms with van der Waals surface area (Å²) < 4.78 is 26.5. The van der Waals surface area contributed by atoms with Crippen LogP contribution in [0, 0.1) is 0 Å². The molecule has 0 aromatic heterocycles. The average Bonchev–Trinajstić information content (AvgIpc) is 2.10. The third-order valence-corrected chi connectivity index (χ3v) is 13.2. The van der Waals surface area contributed by atoms with Gasteiger partial charge in [-0.15, -0.1) is 0 Å². The molecule has 0 bridgehead atoms. The van der Waals surface area contributed by atoms with E-state index in [1.807, 2.05) is 0 Å². The molecule has 25 N–H and O–H groups in total. The molecule has 40 nitrogen and oxygen atoms in total. The molecule has 5 unspecified atom stereocenters. The van der Waals surface area contributed by atoms with Gasteiger partial charge in [0.2, 0.25) is 29.8 Å². The SMILES string of the molecule is C.C.C.C.C.C=C1N=C(N)N=CN1[C@@H]1O[C@H](CO)C(O)[C@@H]1O.C=C1N=C(N)N=CN1[C@@H]1O[C@H](CO)C(O)[C@@H]1O.C=C1N=C(N)N=CN1[C@@H]1O[C@H](CO)C(O)[C@@H]1O.C=C1N=C(N)N=CN1[C@@H]1O[C@H](CO)C(O)[C@@H]1O.C=C1N=C(N)N=CN1[C@@H]1O[C@H](CO)C(O)[C@@H]1O. The van der Waals surface area contributed by atoms with E-state index in [2.05, 4.69) is 82.8 Å². The maximum absolute atomic E-state index is 9.78. The molecular formula is C50H90N20O20. The van der Waals surface area contributed by atoms with Crippen LogP contribution in [0.4, 0.5) is 0 Å². The zero-order valence-electron chi connectivity index (χ0n) is 44.8. The molecule has 90 heavy (non-hydrogen) atoms. The first-order valence-corrected chi connectivity index (χ1v) is 25.1. The second kappa shape index (κ2) is 35.3. The molecule has 5 saturated heterocycles. The molecular weight excluding hydrogens is 1200 g/mol. The highest BCUT2D eigenvalue weighted by Crippen LogP contribution is 2.31. The van der Waals surface area contributed by atoms with Crippen molar-refractivity contribution in [2.24, 2.45) is 78.6 Å². The fraction of sp³-hybridized carbons (Fsp3) is 0.600. The standard InChI is InChI=1S/5C9H14N4O4.5CH4/c5*1-4-12-9(10)11-3-13(4)8-7(16)6(15)5(2-14)17-8;;;;;/h5*3,5-8,14-16H,1-2H2,(H2,10,12);5*1H4/t5*5-,6?,7+,8-;;;;;/m11111...../s1. The van der Waals surface area contributed by atoms with Gasteiger partial charge in [-0.05, 0) is 0 Å². The molecule has 10 aliphatic rings. The van der Waals surface area contributed by atoms with E-state index >= 15 is 0 Å². The lowest BCUT2D eigenvalue weighted by molar-refractivity contribution is -0.0607. The summed E-state index contributed by atoms with van der Waals surface area (Å²) in [6.45, 7) is 16.2. The molecule has 0 spiro atoms. The van der Waals surface area contributed by atoms with Gasteiger partial charge in [0.05, 0.1) is 33.0 Å². The van der Waals surface area contributed by atoms with Crippen LogP contribution in [0.2, 0.25) is 0 Å². The third-order valence-electron chi connectivity index (χ3n) is 13.2. The van der Waals surface area contributed by atoms with Gasteiger partial charge < -0.3 is 129 Å². The first-order chi connectivity index (χ1) is 40.2. The lowest BCUT2D eigenvalue weighted by Crippen LogP contribution is -2.44. The Bertz CT molecular complexity index is 2340. The van der Waals surface area contributed by atoms with Crippen LogP contribution in [0.15, 0.2) is 112 Å². The second-order valence-electron chi connectivity index (χ2n) is 18.8. The van der Waals surface area contributed by atoms with E-state index in [1.54, 1.807) is 0 Å². The van der Waals surface area contributed by atoms with Crippen molar-refractivity contribution >= 4 is 61.5 Å². The minimum absolute atomic E-state index is 0. The van der Waals surface area contributed by atoms with Crippen LogP contribution in [0.3, 0.4) is 0 Å². The van der Waals surface area contributed by atoms with Crippen molar-refractivity contribution in [3.8, 4) is 0 Å². The highest BCUT2D eigenvalue weighted by atomic mass is 16.6. The van der Waals surface area contributed by atoms with Gasteiger partial charge in [0.1, 0.15) is 152 Å². The van der Waals surface area contributed by atoms with Gasteiger partial charge in [0.15, 0.2) is 31.1 Å². The predicted octanol–water partition coefficient (Wildman–Crippen LogP) is -9.04. The summed E-state index contributed by atoms with van der Waals surface area (Å²) in [5.41, 5.74) is 26.9. The Morgan fingerprint density at radius 3 is 0.522 bits per heavy atom. The smallest absolute Gasteiger partial charge is 0.223 e. The number of guanidine groups is 5. The van der Waals surface area contributed by atoms with Gasteiger partial charge in [0.25, 0.3) is 0 Å². The number of nitrogens with zero attached hydrogens (tertiary/aromatic N) is 15. The molecule has 10 rings (SSSR count). The molecule has 0 radical (unpaired) electrons. The van der Waals surface area contributed by atoms with E-state index in [-0.39, 0.29) is 96.0 Å². The van der Waals surface area contributed by atoms with E-state index < -0.39 is 156 Å². The van der Waals surface area contributed by atoms with Crippen molar-refractivity contribution in [1.82, 2.24) is 24.5 Å². The Kier molecular flexibility index (Phi) is 31.6. The van der Waals surface area contributed by atoms with Crippen LogP contribution in [-0.2, 0) is 23.7 Å². The number of hydrogen-bond donors (Lipinski definition) is 20. The lowest BCUT2D eigenvalue weighted by Gasteiger charge is -2.29. The number of aliphatic imine (C=N–C) groups is 10. The predicted molar refractivity (Wildman–Crippen MR) is 328 cm³/mol. The van der Waals surface area contributed by atoms with Gasteiger partial charge in [-0.1, -0.05) is 70.0 Å². The van der Waals surface area contributed by atoms with Crippen molar-refractivity contribution in [2.75, 3.05) is 33.0 Å². The number of aliphatic hydroxyl groups excluding tert-OH is 15. The first-order valence-electron chi connectivity index (χ1n) is 25.1. The lowest BCUT2D eigenvalue weighted by atomic mass is 10.1. The monoisotopic (exact) mass is 1290 g/mol. The summed E-state index contributed by atoms with van der Waals surface area (Å²) in [6, 6.07) is 0. The highest BCUT2D eigenvalue weighted by molar-refractivity contribution is 5.91. The Labute approximate surface area is 518 Å². The Hall–Kier alpha value is -7.40. The van der Waals surface area contributed by atoms with Gasteiger partial charge in [0, 0.05) is 0 Å². The third kappa shape index (κ3) is 18.2. The van der Waals surface area contributed by atoms with Gasteiger partial charge in [-0.2, -0.15) is 25.0 Å². The fourth-order valence-electron chi connectivity index (χ4n) is 8.65. The van der Waals surface area contributed by atoms with E-state index in [9.17, 15) is 51.1 Å². The molecule has 0 amide bonds. The molecule has 0 aliphatic carbocycles. The van der Waals surface area contributed by atoms with Gasteiger partial charge in [-0.3, -0.25) is 24.5 Å². The summed E-state index contributed by atoms with van der Waals surface area (Å²) in [5.74, 6) is 1.48. The molecule has 10 aliphatic heterocycles. The minimum atomic E-state index is -1.19. The number of nitrogens with two attached hydrogens (primary N) is 5. The Morgan fingerprint density at radius 1 is 0.289 bits per heavy atom. The second-order valence-corrected chi connectivity index (χ2v) is 18.8. The van der Waals surface area contributed by atoms with Crippen molar-refractivity contribution in [2.45, 2.75) is 160 Å². The van der Waals surface area contributed by atoms with Crippen LogP contribution >= 0.6 is 0 Å². The van der Waals surface area contributed by atoms with Crippen molar-refractivity contribution in [3.05, 3.63) is 62.0 Å². The quantitative estimate of drug-likeness (QED) is 0.0966. The zero-order chi connectivity index (χ0) is 62.9. The zero-order valence-corrected chi connectivity index (χ0v) is 44.8. The Balaban J connectivity index is 0.000000555. The highest BCUT2D eigenvalue weighted by Gasteiger charge is 2.50. The molecule has 10 heterocycles. The van der Waals surface area contributed by atoms with Gasteiger partial charge in [-0.25, -0.2) is 25.0 Å². The normalized spacial score (nSPS) is 35.4. The van der Waals surface area contributed by atoms with Crippen LogP contribution < -0.4 is 28.7 Å². The van der Waals surface area contributed by atoms with Crippen molar-refractivity contribution in [3.63, 3.8) is 0 Å².